The van der Waals surface area contributed by atoms with Crippen LogP contribution in [-0.2, 0) is 0 Å². The molecule has 1 atom stereocenters. The topological polar surface area (TPSA) is 42.5 Å². The summed E-state index contributed by atoms with van der Waals surface area (Å²) in [6, 6.07) is 6.09. The minimum Gasteiger partial charge on any atom is -0.497 e. The van der Waals surface area contributed by atoms with Gasteiger partial charge in [-0.2, -0.15) is 0 Å². The van der Waals surface area contributed by atoms with Crippen LogP contribution in [0.4, 0.5) is 0 Å². The summed E-state index contributed by atoms with van der Waals surface area (Å²) < 4.78 is 10.5. The van der Waals surface area contributed by atoms with Crippen LogP contribution < -0.4 is 20.1 Å². The maximum absolute atomic E-state index is 5.37. The number of ether oxygens (including phenoxy) is 2. The first-order valence-corrected chi connectivity index (χ1v) is 5.30. The molecule has 0 saturated heterocycles. The maximum Gasteiger partial charge on any atom is 0.127 e. The van der Waals surface area contributed by atoms with Gasteiger partial charge in [0.15, 0.2) is 0 Å². The Balaban J connectivity index is 3.01. The van der Waals surface area contributed by atoms with Crippen LogP contribution in [0.25, 0.3) is 0 Å². The highest BCUT2D eigenvalue weighted by molar-refractivity contribution is 5.42. The fourth-order valence-electron chi connectivity index (χ4n) is 1.68. The van der Waals surface area contributed by atoms with Crippen LogP contribution in [0, 0.1) is 0 Å². The Kier molecular flexibility index (Phi) is 5.08. The first kappa shape index (κ1) is 12.8. The number of methoxy groups -OCH3 is 2. The molecule has 2 N–H and O–H groups in total. The normalized spacial score (nSPS) is 12.2. The Labute approximate surface area is 96.9 Å². The number of hydrogen-bond donors (Lipinski definition) is 2. The maximum atomic E-state index is 5.37. The second kappa shape index (κ2) is 6.35. The lowest BCUT2D eigenvalue weighted by Gasteiger charge is -2.19. The lowest BCUT2D eigenvalue weighted by atomic mass is 10.1. The average molecular weight is 224 g/mol. The smallest absolute Gasteiger partial charge is 0.127 e. The van der Waals surface area contributed by atoms with Gasteiger partial charge in [0.25, 0.3) is 0 Å². The largest absolute Gasteiger partial charge is 0.497 e. The Morgan fingerprint density at radius 3 is 2.44 bits per heavy atom. The molecule has 0 aliphatic heterocycles. The number of likely N-dealkylation sites (N-methyl/N-ethyl adjacent to an activating group) is 2. The SMILES string of the molecule is CNCC(NC)c1ccc(OC)cc1OC. The van der Waals surface area contributed by atoms with Crippen molar-refractivity contribution in [1.29, 1.82) is 0 Å². The van der Waals surface area contributed by atoms with Crippen molar-refractivity contribution < 1.29 is 9.47 Å². The number of nitrogens with one attached hydrogen (secondary N) is 2. The summed E-state index contributed by atoms with van der Waals surface area (Å²) in [6.45, 7) is 0.846. The van der Waals surface area contributed by atoms with E-state index in [0.29, 0.717) is 0 Å². The van der Waals surface area contributed by atoms with Crippen molar-refractivity contribution in [2.24, 2.45) is 0 Å². The van der Waals surface area contributed by atoms with Crippen LogP contribution in [0.2, 0.25) is 0 Å². The van der Waals surface area contributed by atoms with E-state index in [2.05, 4.69) is 10.6 Å². The third-order valence-electron chi connectivity index (χ3n) is 2.57. The van der Waals surface area contributed by atoms with E-state index in [9.17, 15) is 0 Å². The molecule has 0 aliphatic rings. The molecule has 0 aliphatic carbocycles. The average Bonchev–Trinajstić information content (AvgIpc) is 2.35. The van der Waals surface area contributed by atoms with Gasteiger partial charge in [-0.05, 0) is 20.2 Å². The van der Waals surface area contributed by atoms with E-state index in [1.165, 1.54) is 0 Å². The molecule has 0 amide bonds. The summed E-state index contributed by atoms with van der Waals surface area (Å²) in [5, 5.41) is 6.40. The standard InChI is InChI=1S/C12H20N2O2/c1-13-8-11(14-2)10-6-5-9(15-3)7-12(10)16-4/h5-7,11,13-14H,8H2,1-4H3. The van der Waals surface area contributed by atoms with E-state index in [-0.39, 0.29) is 6.04 Å². The zero-order valence-electron chi connectivity index (χ0n) is 10.3. The fraction of sp³-hybridized carbons (Fsp3) is 0.500. The molecule has 4 nitrogen and oxygen atoms in total. The summed E-state index contributed by atoms with van der Waals surface area (Å²) in [6.07, 6.45) is 0. The Bertz CT molecular complexity index is 329. The number of benzene rings is 1. The highest BCUT2D eigenvalue weighted by atomic mass is 16.5. The molecular weight excluding hydrogens is 204 g/mol. The van der Waals surface area contributed by atoms with Gasteiger partial charge in [0.05, 0.1) is 14.2 Å². The zero-order chi connectivity index (χ0) is 12.0. The first-order valence-electron chi connectivity index (χ1n) is 5.30. The summed E-state index contributed by atoms with van der Waals surface area (Å²) in [7, 11) is 7.19. The van der Waals surface area contributed by atoms with Gasteiger partial charge < -0.3 is 20.1 Å². The van der Waals surface area contributed by atoms with Gasteiger partial charge >= 0.3 is 0 Å². The Hall–Kier alpha value is -1.26. The van der Waals surface area contributed by atoms with E-state index in [1.54, 1.807) is 14.2 Å². The minimum atomic E-state index is 0.228. The zero-order valence-corrected chi connectivity index (χ0v) is 10.3. The first-order chi connectivity index (χ1) is 7.76. The second-order valence-electron chi connectivity index (χ2n) is 3.51. The molecular formula is C12H20N2O2. The van der Waals surface area contributed by atoms with Crippen LogP contribution >= 0.6 is 0 Å². The molecule has 1 aromatic rings. The van der Waals surface area contributed by atoms with Crippen LogP contribution in [0.1, 0.15) is 11.6 Å². The van der Waals surface area contributed by atoms with E-state index >= 15 is 0 Å². The highest BCUT2D eigenvalue weighted by Crippen LogP contribution is 2.28. The van der Waals surface area contributed by atoms with Crippen LogP contribution in [0.5, 0.6) is 11.5 Å². The van der Waals surface area contributed by atoms with Gasteiger partial charge in [0.1, 0.15) is 11.5 Å². The van der Waals surface area contributed by atoms with Crippen molar-refractivity contribution >= 4 is 0 Å². The van der Waals surface area contributed by atoms with E-state index in [0.717, 1.165) is 23.6 Å². The lowest BCUT2D eigenvalue weighted by molar-refractivity contribution is 0.385. The fourth-order valence-corrected chi connectivity index (χ4v) is 1.68. The molecule has 1 aromatic carbocycles. The van der Waals surface area contributed by atoms with Crippen molar-refractivity contribution in [3.63, 3.8) is 0 Å². The molecule has 4 heteroatoms. The molecule has 0 aromatic heterocycles. The third kappa shape index (κ3) is 2.87. The molecule has 0 fully saturated rings. The predicted molar refractivity (Wildman–Crippen MR) is 65.3 cm³/mol. The molecule has 0 bridgehead atoms. The van der Waals surface area contributed by atoms with Gasteiger partial charge in [-0.3, -0.25) is 0 Å². The number of hydrogen-bond acceptors (Lipinski definition) is 4. The molecule has 1 rings (SSSR count). The molecule has 0 heterocycles. The summed E-state index contributed by atoms with van der Waals surface area (Å²) >= 11 is 0. The van der Waals surface area contributed by atoms with Crippen molar-refractivity contribution in [2.45, 2.75) is 6.04 Å². The quantitative estimate of drug-likeness (QED) is 0.761. The minimum absolute atomic E-state index is 0.228. The van der Waals surface area contributed by atoms with Gasteiger partial charge in [-0.1, -0.05) is 6.07 Å². The lowest BCUT2D eigenvalue weighted by Crippen LogP contribution is -2.27. The van der Waals surface area contributed by atoms with Crippen LogP contribution in [0.15, 0.2) is 18.2 Å². The third-order valence-corrected chi connectivity index (χ3v) is 2.57. The summed E-state index contributed by atoms with van der Waals surface area (Å²) in [4.78, 5) is 0. The van der Waals surface area contributed by atoms with Crippen molar-refractivity contribution in [3.05, 3.63) is 23.8 Å². The molecule has 0 saturated carbocycles. The van der Waals surface area contributed by atoms with Gasteiger partial charge in [0, 0.05) is 24.2 Å². The molecule has 0 radical (unpaired) electrons. The van der Waals surface area contributed by atoms with Gasteiger partial charge in [-0.25, -0.2) is 0 Å². The van der Waals surface area contributed by atoms with Crippen LogP contribution in [-0.4, -0.2) is 34.9 Å². The van der Waals surface area contributed by atoms with Crippen molar-refractivity contribution in [3.8, 4) is 11.5 Å². The van der Waals surface area contributed by atoms with Gasteiger partial charge in [0.2, 0.25) is 0 Å². The molecule has 90 valence electrons. The van der Waals surface area contributed by atoms with Gasteiger partial charge in [-0.15, -0.1) is 0 Å². The highest BCUT2D eigenvalue weighted by Gasteiger charge is 2.14. The Morgan fingerprint density at radius 1 is 1.19 bits per heavy atom. The molecule has 16 heavy (non-hydrogen) atoms. The monoisotopic (exact) mass is 224 g/mol. The predicted octanol–water partition coefficient (Wildman–Crippen LogP) is 1.18. The second-order valence-corrected chi connectivity index (χ2v) is 3.51. The molecule has 1 unspecified atom stereocenters. The van der Waals surface area contributed by atoms with Crippen LogP contribution in [0.3, 0.4) is 0 Å². The van der Waals surface area contributed by atoms with E-state index in [4.69, 9.17) is 9.47 Å². The van der Waals surface area contributed by atoms with E-state index < -0.39 is 0 Å². The summed E-state index contributed by atoms with van der Waals surface area (Å²) in [5.41, 5.74) is 1.13. The number of rotatable bonds is 6. The molecule has 0 spiro atoms. The van der Waals surface area contributed by atoms with E-state index in [1.807, 2.05) is 32.3 Å². The van der Waals surface area contributed by atoms with Crippen molar-refractivity contribution in [1.82, 2.24) is 10.6 Å². The van der Waals surface area contributed by atoms with Crippen molar-refractivity contribution in [2.75, 3.05) is 34.9 Å². The summed E-state index contributed by atoms with van der Waals surface area (Å²) in [5.74, 6) is 1.65. The Morgan fingerprint density at radius 2 is 1.94 bits per heavy atom.